The van der Waals surface area contributed by atoms with Gasteiger partial charge in [0.05, 0.1) is 14.2 Å². The van der Waals surface area contributed by atoms with Crippen LogP contribution in [-0.4, -0.2) is 38.8 Å². The van der Waals surface area contributed by atoms with E-state index in [2.05, 4.69) is 10.6 Å². The summed E-state index contributed by atoms with van der Waals surface area (Å²) in [5.74, 6) is 1.02. The maximum Gasteiger partial charge on any atom is 0.408 e. The average Bonchev–Trinajstić information content (AvgIpc) is 2.72. The minimum absolute atomic E-state index is 0.153. The van der Waals surface area contributed by atoms with Gasteiger partial charge in [0.2, 0.25) is 5.91 Å². The second-order valence-corrected chi connectivity index (χ2v) is 6.16. The molecule has 0 spiro atoms. The van der Waals surface area contributed by atoms with Crippen LogP contribution in [0.4, 0.5) is 4.79 Å². The second kappa shape index (κ2) is 10.8. The molecule has 0 radical (unpaired) electrons. The highest BCUT2D eigenvalue weighted by Crippen LogP contribution is 2.27. The van der Waals surface area contributed by atoms with Gasteiger partial charge in [-0.15, -0.1) is 0 Å². The first-order valence-corrected chi connectivity index (χ1v) is 8.99. The number of rotatable bonds is 9. The molecule has 2 rings (SSSR count). The normalized spacial score (nSPS) is 11.2. The Balaban J connectivity index is 1.72. The van der Waals surface area contributed by atoms with Crippen LogP contribution < -0.4 is 20.1 Å². The van der Waals surface area contributed by atoms with Crippen molar-refractivity contribution >= 4 is 12.0 Å². The zero-order chi connectivity index (χ0) is 20.4. The monoisotopic (exact) mass is 386 g/mol. The Bertz CT molecular complexity index is 780. The van der Waals surface area contributed by atoms with E-state index in [0.717, 1.165) is 11.1 Å². The van der Waals surface area contributed by atoms with E-state index in [-0.39, 0.29) is 12.5 Å². The summed E-state index contributed by atoms with van der Waals surface area (Å²) in [6.07, 6.45) is -0.0107. The Labute approximate surface area is 165 Å². The highest BCUT2D eigenvalue weighted by atomic mass is 16.5. The van der Waals surface area contributed by atoms with Crippen molar-refractivity contribution in [3.63, 3.8) is 0 Å². The fourth-order valence-corrected chi connectivity index (χ4v) is 2.53. The highest BCUT2D eigenvalue weighted by Gasteiger charge is 2.16. The zero-order valence-corrected chi connectivity index (χ0v) is 16.4. The van der Waals surface area contributed by atoms with Gasteiger partial charge in [-0.05, 0) is 36.6 Å². The van der Waals surface area contributed by atoms with Crippen LogP contribution in [0.3, 0.4) is 0 Å². The molecule has 0 saturated carbocycles. The summed E-state index contributed by atoms with van der Waals surface area (Å²) in [6.45, 7) is 2.19. The van der Waals surface area contributed by atoms with Gasteiger partial charge in [-0.2, -0.15) is 0 Å². The molecule has 28 heavy (non-hydrogen) atoms. The first-order chi connectivity index (χ1) is 13.5. The van der Waals surface area contributed by atoms with E-state index in [1.165, 1.54) is 0 Å². The van der Waals surface area contributed by atoms with Gasteiger partial charge in [0.25, 0.3) is 0 Å². The number of ether oxygens (including phenoxy) is 3. The predicted molar refractivity (Wildman–Crippen MR) is 105 cm³/mol. The topological polar surface area (TPSA) is 85.9 Å². The molecular weight excluding hydrogens is 360 g/mol. The van der Waals surface area contributed by atoms with Crippen LogP contribution in [0.5, 0.6) is 11.5 Å². The fourth-order valence-electron chi connectivity index (χ4n) is 2.53. The Morgan fingerprint density at radius 1 is 0.964 bits per heavy atom. The van der Waals surface area contributed by atoms with E-state index in [4.69, 9.17) is 14.2 Å². The molecule has 0 aliphatic rings. The summed E-state index contributed by atoms with van der Waals surface area (Å²) in [4.78, 5) is 24.0. The van der Waals surface area contributed by atoms with Crippen LogP contribution in [0.25, 0.3) is 0 Å². The number of methoxy groups -OCH3 is 2. The molecule has 0 aliphatic heterocycles. The average molecular weight is 386 g/mol. The zero-order valence-electron chi connectivity index (χ0n) is 16.4. The number of alkyl carbamates (subject to hydrolysis) is 1. The van der Waals surface area contributed by atoms with Gasteiger partial charge in [-0.3, -0.25) is 4.79 Å². The van der Waals surface area contributed by atoms with Gasteiger partial charge in [-0.1, -0.05) is 36.4 Å². The molecule has 150 valence electrons. The molecule has 2 aromatic carbocycles. The van der Waals surface area contributed by atoms with E-state index in [9.17, 15) is 9.59 Å². The summed E-state index contributed by atoms with van der Waals surface area (Å²) in [5.41, 5.74) is 1.88. The number of hydrogen-bond acceptors (Lipinski definition) is 5. The van der Waals surface area contributed by atoms with Gasteiger partial charge in [0, 0.05) is 6.54 Å². The first kappa shape index (κ1) is 21.1. The molecule has 0 bridgehead atoms. The standard InChI is InChI=1S/C21H26N2O5/c1-15(23-21(25)28-14-17-7-5-4-6-8-17)20(24)22-12-11-16-9-10-18(26-2)19(13-16)27-3/h4-10,13,15H,11-12,14H2,1-3H3,(H,22,24)(H,23,25). The lowest BCUT2D eigenvalue weighted by Gasteiger charge is -2.14. The molecule has 2 amide bonds. The Morgan fingerprint density at radius 3 is 2.36 bits per heavy atom. The van der Waals surface area contributed by atoms with E-state index < -0.39 is 12.1 Å². The molecule has 7 nitrogen and oxygen atoms in total. The molecule has 7 heteroatoms. The smallest absolute Gasteiger partial charge is 0.408 e. The van der Waals surface area contributed by atoms with Crippen LogP contribution in [0, 0.1) is 0 Å². The van der Waals surface area contributed by atoms with Crippen molar-refractivity contribution in [2.45, 2.75) is 26.0 Å². The summed E-state index contributed by atoms with van der Waals surface area (Å²) >= 11 is 0. The van der Waals surface area contributed by atoms with E-state index in [0.29, 0.717) is 24.5 Å². The minimum atomic E-state index is -0.700. The quantitative estimate of drug-likeness (QED) is 0.692. The SMILES string of the molecule is COc1ccc(CCNC(=O)C(C)NC(=O)OCc2ccccc2)cc1OC. The third-order valence-electron chi connectivity index (χ3n) is 4.10. The third-order valence-corrected chi connectivity index (χ3v) is 4.10. The first-order valence-electron chi connectivity index (χ1n) is 8.99. The number of nitrogens with one attached hydrogen (secondary N) is 2. The number of carbonyl (C=O) groups is 2. The Kier molecular flexibility index (Phi) is 8.14. The molecule has 0 aromatic heterocycles. The second-order valence-electron chi connectivity index (χ2n) is 6.16. The lowest BCUT2D eigenvalue weighted by atomic mass is 10.1. The van der Waals surface area contributed by atoms with Gasteiger partial charge < -0.3 is 24.8 Å². The van der Waals surface area contributed by atoms with Crippen molar-refractivity contribution in [1.29, 1.82) is 0 Å². The maximum atomic E-state index is 12.1. The molecule has 2 aromatic rings. The molecular formula is C21H26N2O5. The molecule has 0 saturated heterocycles. The molecule has 2 N–H and O–H groups in total. The van der Waals surface area contributed by atoms with Crippen molar-refractivity contribution in [3.8, 4) is 11.5 Å². The Morgan fingerprint density at radius 2 is 1.68 bits per heavy atom. The van der Waals surface area contributed by atoms with Crippen molar-refractivity contribution in [2.75, 3.05) is 20.8 Å². The van der Waals surface area contributed by atoms with Crippen LogP contribution >= 0.6 is 0 Å². The van der Waals surface area contributed by atoms with Crippen molar-refractivity contribution in [2.24, 2.45) is 0 Å². The summed E-state index contributed by atoms with van der Waals surface area (Å²) in [6, 6.07) is 14.2. The lowest BCUT2D eigenvalue weighted by Crippen LogP contribution is -2.45. The van der Waals surface area contributed by atoms with E-state index in [1.54, 1.807) is 21.1 Å². The van der Waals surface area contributed by atoms with Crippen molar-refractivity contribution in [1.82, 2.24) is 10.6 Å². The van der Waals surface area contributed by atoms with Crippen LogP contribution in [0.1, 0.15) is 18.1 Å². The summed E-state index contributed by atoms with van der Waals surface area (Å²) in [5, 5.41) is 5.32. The van der Waals surface area contributed by atoms with Gasteiger partial charge in [0.15, 0.2) is 11.5 Å². The number of benzene rings is 2. The summed E-state index contributed by atoms with van der Waals surface area (Å²) in [7, 11) is 3.16. The number of hydrogen-bond donors (Lipinski definition) is 2. The summed E-state index contributed by atoms with van der Waals surface area (Å²) < 4.78 is 15.6. The number of amides is 2. The van der Waals surface area contributed by atoms with Crippen molar-refractivity contribution < 1.29 is 23.8 Å². The molecule has 0 aliphatic carbocycles. The van der Waals surface area contributed by atoms with E-state index >= 15 is 0 Å². The van der Waals surface area contributed by atoms with Crippen LogP contribution in [0.15, 0.2) is 48.5 Å². The van der Waals surface area contributed by atoms with Gasteiger partial charge in [0.1, 0.15) is 12.6 Å². The maximum absolute atomic E-state index is 12.1. The van der Waals surface area contributed by atoms with Crippen LogP contribution in [-0.2, 0) is 22.6 Å². The fraction of sp³-hybridized carbons (Fsp3) is 0.333. The highest BCUT2D eigenvalue weighted by molar-refractivity contribution is 5.85. The molecule has 1 atom stereocenters. The minimum Gasteiger partial charge on any atom is -0.493 e. The van der Waals surface area contributed by atoms with Gasteiger partial charge in [-0.25, -0.2) is 4.79 Å². The largest absolute Gasteiger partial charge is 0.493 e. The van der Waals surface area contributed by atoms with Crippen molar-refractivity contribution in [3.05, 3.63) is 59.7 Å². The molecule has 0 fully saturated rings. The van der Waals surface area contributed by atoms with E-state index in [1.807, 2.05) is 48.5 Å². The lowest BCUT2D eigenvalue weighted by molar-refractivity contribution is -0.122. The molecule has 1 unspecified atom stereocenters. The Hall–Kier alpha value is -3.22. The number of carbonyl (C=O) groups excluding carboxylic acids is 2. The third kappa shape index (κ3) is 6.50. The van der Waals surface area contributed by atoms with Gasteiger partial charge >= 0.3 is 6.09 Å². The van der Waals surface area contributed by atoms with Crippen LogP contribution in [0.2, 0.25) is 0 Å². The predicted octanol–water partition coefficient (Wildman–Crippen LogP) is 2.68. The molecule has 0 heterocycles.